The number of methoxy groups -OCH3 is 2. The van der Waals surface area contributed by atoms with Crippen molar-refractivity contribution in [3.05, 3.63) is 23.8 Å². The second-order valence-corrected chi connectivity index (χ2v) is 4.75. The predicted molar refractivity (Wildman–Crippen MR) is 70.3 cm³/mol. The Morgan fingerprint density at radius 2 is 2.00 bits per heavy atom. The molecular formula is C14H21NO3. The highest BCUT2D eigenvalue weighted by molar-refractivity contribution is 5.44. The molecule has 0 aromatic heterocycles. The molecule has 1 saturated heterocycles. The molecular weight excluding hydrogens is 230 g/mol. The van der Waals surface area contributed by atoms with Crippen LogP contribution in [-0.2, 0) is 0 Å². The predicted octanol–water partition coefficient (Wildman–Crippen LogP) is 1.39. The lowest BCUT2D eigenvalue weighted by molar-refractivity contribution is 0.190. The van der Waals surface area contributed by atoms with E-state index in [0.717, 1.165) is 31.0 Å². The summed E-state index contributed by atoms with van der Waals surface area (Å²) in [5, 5.41) is 12.6. The topological polar surface area (TPSA) is 50.7 Å². The molecule has 1 aliphatic heterocycles. The Bertz CT molecular complexity index is 395. The lowest BCUT2D eigenvalue weighted by Gasteiger charge is -2.29. The van der Waals surface area contributed by atoms with Crippen LogP contribution >= 0.6 is 0 Å². The van der Waals surface area contributed by atoms with E-state index >= 15 is 0 Å². The number of hydrogen-bond donors (Lipinski definition) is 2. The van der Waals surface area contributed by atoms with E-state index in [0.29, 0.717) is 11.8 Å². The van der Waals surface area contributed by atoms with Crippen LogP contribution in [0.15, 0.2) is 18.2 Å². The van der Waals surface area contributed by atoms with E-state index in [1.165, 1.54) is 5.56 Å². The largest absolute Gasteiger partial charge is 0.493 e. The molecule has 2 atom stereocenters. The first-order valence-electron chi connectivity index (χ1n) is 6.32. The standard InChI is InChI=1S/C14H21NO3/c1-17-13-4-3-11(6-14(13)18-2)12-5-10(9-16)7-15-8-12/h3-4,6,10,12,15-16H,5,7-9H2,1-2H3. The van der Waals surface area contributed by atoms with E-state index in [1.54, 1.807) is 14.2 Å². The van der Waals surface area contributed by atoms with Crippen molar-refractivity contribution in [3.63, 3.8) is 0 Å². The number of aliphatic hydroxyl groups excluding tert-OH is 1. The fraction of sp³-hybridized carbons (Fsp3) is 0.571. The molecule has 4 heteroatoms. The summed E-state index contributed by atoms with van der Waals surface area (Å²) in [5.74, 6) is 2.29. The van der Waals surface area contributed by atoms with Gasteiger partial charge >= 0.3 is 0 Å². The van der Waals surface area contributed by atoms with Crippen LogP contribution in [0, 0.1) is 5.92 Å². The van der Waals surface area contributed by atoms with Gasteiger partial charge in [0, 0.05) is 19.7 Å². The molecule has 0 radical (unpaired) electrons. The van der Waals surface area contributed by atoms with Gasteiger partial charge in [-0.2, -0.15) is 0 Å². The quantitative estimate of drug-likeness (QED) is 0.849. The number of hydrogen-bond acceptors (Lipinski definition) is 4. The summed E-state index contributed by atoms with van der Waals surface area (Å²) >= 11 is 0. The fourth-order valence-corrected chi connectivity index (χ4v) is 2.53. The van der Waals surface area contributed by atoms with Gasteiger partial charge in [-0.15, -0.1) is 0 Å². The molecule has 0 saturated carbocycles. The van der Waals surface area contributed by atoms with Crippen molar-refractivity contribution in [2.75, 3.05) is 33.9 Å². The third-order valence-corrected chi connectivity index (χ3v) is 3.58. The van der Waals surface area contributed by atoms with Gasteiger partial charge in [0.05, 0.1) is 14.2 Å². The number of aliphatic hydroxyl groups is 1. The SMILES string of the molecule is COc1ccc(C2CNCC(CO)C2)cc1OC. The Kier molecular flexibility index (Phi) is 4.44. The lowest BCUT2D eigenvalue weighted by atomic mass is 9.86. The van der Waals surface area contributed by atoms with Gasteiger partial charge in [-0.1, -0.05) is 6.07 Å². The zero-order chi connectivity index (χ0) is 13.0. The van der Waals surface area contributed by atoms with Crippen LogP contribution in [0.3, 0.4) is 0 Å². The smallest absolute Gasteiger partial charge is 0.160 e. The summed E-state index contributed by atoms with van der Waals surface area (Å²) in [5.41, 5.74) is 1.23. The maximum absolute atomic E-state index is 9.25. The van der Waals surface area contributed by atoms with Crippen molar-refractivity contribution in [1.29, 1.82) is 0 Å². The van der Waals surface area contributed by atoms with Gasteiger partial charge in [0.15, 0.2) is 11.5 Å². The summed E-state index contributed by atoms with van der Waals surface area (Å²) in [6.07, 6.45) is 1.01. The summed E-state index contributed by atoms with van der Waals surface area (Å²) in [7, 11) is 3.29. The maximum Gasteiger partial charge on any atom is 0.160 e. The third-order valence-electron chi connectivity index (χ3n) is 3.58. The van der Waals surface area contributed by atoms with Crippen molar-refractivity contribution < 1.29 is 14.6 Å². The highest BCUT2D eigenvalue weighted by atomic mass is 16.5. The normalized spacial score (nSPS) is 23.7. The first kappa shape index (κ1) is 13.2. The van der Waals surface area contributed by atoms with E-state index in [1.807, 2.05) is 12.1 Å². The van der Waals surface area contributed by atoms with E-state index < -0.39 is 0 Å². The zero-order valence-corrected chi connectivity index (χ0v) is 11.0. The summed E-state index contributed by atoms with van der Waals surface area (Å²) in [6, 6.07) is 6.05. The second kappa shape index (κ2) is 6.07. The van der Waals surface area contributed by atoms with Crippen molar-refractivity contribution in [2.24, 2.45) is 5.92 Å². The van der Waals surface area contributed by atoms with Crippen LogP contribution in [0.4, 0.5) is 0 Å². The minimum atomic E-state index is 0.247. The molecule has 2 unspecified atom stereocenters. The van der Waals surface area contributed by atoms with Crippen LogP contribution in [0.5, 0.6) is 11.5 Å². The Balaban J connectivity index is 2.17. The average molecular weight is 251 g/mol. The Morgan fingerprint density at radius 1 is 1.22 bits per heavy atom. The number of piperidine rings is 1. The number of rotatable bonds is 4. The second-order valence-electron chi connectivity index (χ2n) is 4.75. The van der Waals surface area contributed by atoms with E-state index in [-0.39, 0.29) is 6.61 Å². The Hall–Kier alpha value is -1.26. The molecule has 0 spiro atoms. The molecule has 18 heavy (non-hydrogen) atoms. The lowest BCUT2D eigenvalue weighted by Crippen LogP contribution is -2.36. The van der Waals surface area contributed by atoms with Crippen LogP contribution in [0.25, 0.3) is 0 Å². The van der Waals surface area contributed by atoms with Gasteiger partial charge in [0.25, 0.3) is 0 Å². The van der Waals surface area contributed by atoms with Crippen LogP contribution in [0.2, 0.25) is 0 Å². The number of nitrogens with one attached hydrogen (secondary N) is 1. The molecule has 1 heterocycles. The van der Waals surface area contributed by atoms with Crippen LogP contribution in [0.1, 0.15) is 17.9 Å². The molecule has 0 amide bonds. The van der Waals surface area contributed by atoms with Crippen LogP contribution < -0.4 is 14.8 Å². The number of ether oxygens (including phenoxy) is 2. The maximum atomic E-state index is 9.25. The van der Waals surface area contributed by atoms with Gasteiger partial charge in [0.1, 0.15) is 0 Å². The van der Waals surface area contributed by atoms with E-state index in [2.05, 4.69) is 11.4 Å². The minimum absolute atomic E-state index is 0.247. The molecule has 1 aromatic carbocycles. The highest BCUT2D eigenvalue weighted by Gasteiger charge is 2.23. The minimum Gasteiger partial charge on any atom is -0.493 e. The molecule has 100 valence electrons. The Labute approximate surface area is 108 Å². The average Bonchev–Trinajstić information content (AvgIpc) is 2.46. The fourth-order valence-electron chi connectivity index (χ4n) is 2.53. The molecule has 2 N–H and O–H groups in total. The molecule has 0 bridgehead atoms. The molecule has 2 rings (SSSR count). The molecule has 1 aromatic rings. The van der Waals surface area contributed by atoms with Crippen molar-refractivity contribution in [2.45, 2.75) is 12.3 Å². The molecule has 4 nitrogen and oxygen atoms in total. The van der Waals surface area contributed by atoms with Gasteiger partial charge in [-0.3, -0.25) is 0 Å². The summed E-state index contributed by atoms with van der Waals surface area (Å²) in [6.45, 7) is 2.10. The number of benzene rings is 1. The monoisotopic (exact) mass is 251 g/mol. The molecule has 1 fully saturated rings. The van der Waals surface area contributed by atoms with Crippen molar-refractivity contribution in [3.8, 4) is 11.5 Å². The first-order chi connectivity index (χ1) is 8.78. The van der Waals surface area contributed by atoms with Gasteiger partial charge in [0.2, 0.25) is 0 Å². The Morgan fingerprint density at radius 3 is 2.67 bits per heavy atom. The van der Waals surface area contributed by atoms with Crippen LogP contribution in [-0.4, -0.2) is 39.0 Å². The van der Waals surface area contributed by atoms with Crippen molar-refractivity contribution in [1.82, 2.24) is 5.32 Å². The third kappa shape index (κ3) is 2.76. The van der Waals surface area contributed by atoms with Crippen molar-refractivity contribution >= 4 is 0 Å². The van der Waals surface area contributed by atoms with Gasteiger partial charge in [-0.25, -0.2) is 0 Å². The summed E-state index contributed by atoms with van der Waals surface area (Å²) in [4.78, 5) is 0. The zero-order valence-electron chi connectivity index (χ0n) is 11.0. The van der Waals surface area contributed by atoms with E-state index in [9.17, 15) is 5.11 Å². The molecule has 1 aliphatic rings. The van der Waals surface area contributed by atoms with Gasteiger partial charge in [-0.05, 0) is 36.0 Å². The van der Waals surface area contributed by atoms with Gasteiger partial charge < -0.3 is 19.9 Å². The van der Waals surface area contributed by atoms with E-state index in [4.69, 9.17) is 9.47 Å². The first-order valence-corrected chi connectivity index (χ1v) is 6.32. The molecule has 0 aliphatic carbocycles. The highest BCUT2D eigenvalue weighted by Crippen LogP contribution is 2.33. The summed E-state index contributed by atoms with van der Waals surface area (Å²) < 4.78 is 10.6.